The predicted molar refractivity (Wildman–Crippen MR) is 62.3 cm³/mol. The fourth-order valence-electron chi connectivity index (χ4n) is 1.42. The minimum Gasteiger partial charge on any atom is -0.338 e. The molecule has 1 aromatic heterocycles. The molecular formula is C11H8N4O3. The molecule has 0 saturated carbocycles. The molecule has 7 nitrogen and oxygen atoms in total. The lowest BCUT2D eigenvalue weighted by molar-refractivity contribution is -0.383. The number of hydrogen-bond donors (Lipinski definition) is 1. The third-order valence-electron chi connectivity index (χ3n) is 2.21. The monoisotopic (exact) mass is 244 g/mol. The molecule has 0 aliphatic heterocycles. The minimum atomic E-state index is -0.535. The van der Waals surface area contributed by atoms with Crippen LogP contribution < -0.4 is 5.32 Å². The van der Waals surface area contributed by atoms with Gasteiger partial charge < -0.3 is 9.84 Å². The van der Waals surface area contributed by atoms with E-state index in [2.05, 4.69) is 10.5 Å². The van der Waals surface area contributed by atoms with Crippen LogP contribution in [0.4, 0.5) is 17.3 Å². The van der Waals surface area contributed by atoms with Crippen LogP contribution in [0, 0.1) is 28.4 Å². The zero-order valence-electron chi connectivity index (χ0n) is 9.38. The zero-order valence-corrected chi connectivity index (χ0v) is 9.38. The Labute approximate surface area is 102 Å². The molecule has 90 valence electrons. The molecule has 0 unspecified atom stereocenters. The van der Waals surface area contributed by atoms with Crippen LogP contribution in [-0.2, 0) is 0 Å². The lowest BCUT2D eigenvalue weighted by Gasteiger charge is -2.03. The number of hydrogen-bond acceptors (Lipinski definition) is 6. The molecule has 2 rings (SSSR count). The maximum Gasteiger partial charge on any atom is 0.292 e. The number of aromatic nitrogens is 1. The number of anilines is 2. The van der Waals surface area contributed by atoms with Crippen molar-refractivity contribution in [2.24, 2.45) is 0 Å². The van der Waals surface area contributed by atoms with Gasteiger partial charge in [-0.25, -0.2) is 0 Å². The molecule has 0 aliphatic carbocycles. The zero-order chi connectivity index (χ0) is 13.1. The van der Waals surface area contributed by atoms with Crippen molar-refractivity contribution in [1.82, 2.24) is 5.16 Å². The quantitative estimate of drug-likeness (QED) is 0.656. The SMILES string of the molecule is Cc1cc(Nc2cc(C#N)ccc2[N+](=O)[O-])on1. The van der Waals surface area contributed by atoms with Crippen molar-refractivity contribution < 1.29 is 9.45 Å². The van der Waals surface area contributed by atoms with Crippen LogP contribution >= 0.6 is 0 Å². The summed E-state index contributed by atoms with van der Waals surface area (Å²) in [4.78, 5) is 10.3. The summed E-state index contributed by atoms with van der Waals surface area (Å²) < 4.78 is 4.91. The van der Waals surface area contributed by atoms with Crippen molar-refractivity contribution in [3.8, 4) is 6.07 Å². The van der Waals surface area contributed by atoms with Crippen LogP contribution in [0.1, 0.15) is 11.3 Å². The van der Waals surface area contributed by atoms with Gasteiger partial charge in [0.15, 0.2) is 0 Å². The van der Waals surface area contributed by atoms with E-state index in [4.69, 9.17) is 9.78 Å². The summed E-state index contributed by atoms with van der Waals surface area (Å²) in [6.07, 6.45) is 0. The van der Waals surface area contributed by atoms with Crippen molar-refractivity contribution in [3.05, 3.63) is 45.6 Å². The van der Waals surface area contributed by atoms with Crippen molar-refractivity contribution in [2.45, 2.75) is 6.92 Å². The minimum absolute atomic E-state index is 0.136. The second-order valence-electron chi connectivity index (χ2n) is 3.56. The number of nitrogens with one attached hydrogen (secondary N) is 1. The van der Waals surface area contributed by atoms with Crippen molar-refractivity contribution >= 4 is 17.3 Å². The largest absolute Gasteiger partial charge is 0.338 e. The molecule has 0 spiro atoms. The van der Waals surface area contributed by atoms with Crippen molar-refractivity contribution in [3.63, 3.8) is 0 Å². The fourth-order valence-corrected chi connectivity index (χ4v) is 1.42. The summed E-state index contributed by atoms with van der Waals surface area (Å²) in [5, 5.41) is 26.0. The van der Waals surface area contributed by atoms with Crippen LogP contribution in [0.3, 0.4) is 0 Å². The summed E-state index contributed by atoms with van der Waals surface area (Å²) in [7, 11) is 0. The topological polar surface area (TPSA) is 105 Å². The molecule has 0 aliphatic rings. The molecule has 2 aromatic rings. The maximum atomic E-state index is 10.9. The summed E-state index contributed by atoms with van der Waals surface area (Å²) in [6, 6.07) is 7.55. The van der Waals surface area contributed by atoms with E-state index in [9.17, 15) is 10.1 Å². The highest BCUT2D eigenvalue weighted by Crippen LogP contribution is 2.28. The molecule has 0 bridgehead atoms. The number of nitro benzene ring substituents is 1. The second kappa shape index (κ2) is 4.55. The Kier molecular flexibility index (Phi) is 2.93. The Morgan fingerprint density at radius 3 is 2.83 bits per heavy atom. The molecular weight excluding hydrogens is 236 g/mol. The smallest absolute Gasteiger partial charge is 0.292 e. The van der Waals surface area contributed by atoms with E-state index in [0.29, 0.717) is 11.3 Å². The average molecular weight is 244 g/mol. The van der Waals surface area contributed by atoms with Crippen LogP contribution in [0.5, 0.6) is 0 Å². The summed E-state index contributed by atoms with van der Waals surface area (Å²) >= 11 is 0. The maximum absolute atomic E-state index is 10.9. The second-order valence-corrected chi connectivity index (χ2v) is 3.56. The average Bonchev–Trinajstić information content (AvgIpc) is 2.74. The van der Waals surface area contributed by atoms with E-state index in [0.717, 1.165) is 0 Å². The Bertz CT molecular complexity index is 642. The molecule has 0 atom stereocenters. The van der Waals surface area contributed by atoms with Crippen LogP contribution in [-0.4, -0.2) is 10.1 Å². The highest BCUT2D eigenvalue weighted by Gasteiger charge is 2.15. The number of nitro groups is 1. The van der Waals surface area contributed by atoms with Crippen molar-refractivity contribution in [1.29, 1.82) is 5.26 Å². The van der Waals surface area contributed by atoms with E-state index >= 15 is 0 Å². The fraction of sp³-hybridized carbons (Fsp3) is 0.0909. The Morgan fingerprint density at radius 2 is 2.28 bits per heavy atom. The predicted octanol–water partition coefficient (Wildman–Crippen LogP) is 2.51. The Balaban J connectivity index is 2.41. The highest BCUT2D eigenvalue weighted by atomic mass is 16.6. The molecule has 0 amide bonds. The first kappa shape index (κ1) is 11.6. The molecule has 1 N–H and O–H groups in total. The summed E-state index contributed by atoms with van der Waals surface area (Å²) in [5.41, 5.74) is 1.02. The molecule has 18 heavy (non-hydrogen) atoms. The number of nitriles is 1. The molecule has 1 heterocycles. The van der Waals surface area contributed by atoms with Gasteiger partial charge in [-0.15, -0.1) is 0 Å². The van der Waals surface area contributed by atoms with Gasteiger partial charge in [0.25, 0.3) is 5.69 Å². The lowest BCUT2D eigenvalue weighted by atomic mass is 10.2. The molecule has 7 heteroatoms. The van der Waals surface area contributed by atoms with Crippen LogP contribution in [0.2, 0.25) is 0 Å². The number of aryl methyl sites for hydroxylation is 1. The number of benzene rings is 1. The Morgan fingerprint density at radius 1 is 1.50 bits per heavy atom. The van der Waals surface area contributed by atoms with E-state index in [1.807, 2.05) is 6.07 Å². The summed E-state index contributed by atoms with van der Waals surface area (Å²) in [6.45, 7) is 1.73. The normalized spacial score (nSPS) is 9.78. The molecule has 0 radical (unpaired) electrons. The van der Waals surface area contributed by atoms with Gasteiger partial charge >= 0.3 is 0 Å². The molecule has 0 fully saturated rings. The van der Waals surface area contributed by atoms with Crippen LogP contribution in [0.15, 0.2) is 28.8 Å². The number of rotatable bonds is 3. The first-order valence-corrected chi connectivity index (χ1v) is 4.99. The van der Waals surface area contributed by atoms with Crippen LogP contribution in [0.25, 0.3) is 0 Å². The van der Waals surface area contributed by atoms with E-state index in [-0.39, 0.29) is 17.3 Å². The molecule has 0 saturated heterocycles. The number of nitrogens with zero attached hydrogens (tertiary/aromatic N) is 3. The van der Waals surface area contributed by atoms with Gasteiger partial charge in [0.05, 0.1) is 22.2 Å². The summed E-state index contributed by atoms with van der Waals surface area (Å²) in [5.74, 6) is 0.283. The molecule has 1 aromatic carbocycles. The highest BCUT2D eigenvalue weighted by molar-refractivity contribution is 5.69. The standard InChI is InChI=1S/C11H8N4O3/c1-7-4-11(18-14-7)13-9-5-8(6-12)2-3-10(9)15(16)17/h2-5,13H,1H3. The first-order valence-electron chi connectivity index (χ1n) is 4.99. The van der Waals surface area contributed by atoms with Crippen molar-refractivity contribution in [2.75, 3.05) is 5.32 Å². The third-order valence-corrected chi connectivity index (χ3v) is 2.21. The third kappa shape index (κ3) is 2.27. The van der Waals surface area contributed by atoms with Gasteiger partial charge in [-0.1, -0.05) is 5.16 Å². The van der Waals surface area contributed by atoms with Gasteiger partial charge in [-0.05, 0) is 19.1 Å². The van der Waals surface area contributed by atoms with Gasteiger partial charge in [0.2, 0.25) is 5.88 Å². The van der Waals surface area contributed by atoms with E-state index in [1.54, 1.807) is 13.0 Å². The van der Waals surface area contributed by atoms with Gasteiger partial charge in [0.1, 0.15) is 5.69 Å². The Hall–Kier alpha value is -2.88. The van der Waals surface area contributed by atoms with Gasteiger partial charge in [-0.2, -0.15) is 5.26 Å². The first-order chi connectivity index (χ1) is 8.60. The van der Waals surface area contributed by atoms with Gasteiger partial charge in [-0.3, -0.25) is 10.1 Å². The van der Waals surface area contributed by atoms with E-state index in [1.165, 1.54) is 18.2 Å². The lowest BCUT2D eigenvalue weighted by Crippen LogP contribution is -1.97. The van der Waals surface area contributed by atoms with E-state index < -0.39 is 4.92 Å². The van der Waals surface area contributed by atoms with Gasteiger partial charge in [0, 0.05) is 12.1 Å².